The van der Waals surface area contributed by atoms with Gasteiger partial charge in [0.1, 0.15) is 6.04 Å². The van der Waals surface area contributed by atoms with Crippen molar-refractivity contribution in [3.63, 3.8) is 0 Å². The van der Waals surface area contributed by atoms with Crippen LogP contribution in [-0.2, 0) is 14.8 Å². The number of aryl methyl sites for hydroxylation is 1. The predicted molar refractivity (Wildman–Crippen MR) is 116 cm³/mol. The van der Waals surface area contributed by atoms with Crippen LogP contribution < -0.4 is 10.0 Å². The standard InChI is InChI=1S/C22H25N3O4S/c1-3-14-23-21(26)20-5-4-15-25(20)22(27)17-8-10-18(11-9-17)24-30(28,29)19-12-6-16(2)7-13-19/h3,6-13,20,24H,1,4-5,14-15H2,2H3,(H,23,26)/t20-/m1/s1. The number of rotatable bonds is 7. The van der Waals surface area contributed by atoms with Crippen molar-refractivity contribution in [1.29, 1.82) is 0 Å². The summed E-state index contributed by atoms with van der Waals surface area (Å²) in [7, 11) is -3.71. The largest absolute Gasteiger partial charge is 0.351 e. The van der Waals surface area contributed by atoms with Crippen LogP contribution in [0.1, 0.15) is 28.8 Å². The van der Waals surface area contributed by atoms with E-state index in [9.17, 15) is 18.0 Å². The highest BCUT2D eigenvalue weighted by Gasteiger charge is 2.34. The van der Waals surface area contributed by atoms with Crippen LogP contribution in [0.3, 0.4) is 0 Å². The van der Waals surface area contributed by atoms with Crippen LogP contribution in [0.4, 0.5) is 5.69 Å². The van der Waals surface area contributed by atoms with Crippen LogP contribution in [0.2, 0.25) is 0 Å². The van der Waals surface area contributed by atoms with Crippen molar-refractivity contribution < 1.29 is 18.0 Å². The van der Waals surface area contributed by atoms with Crippen LogP contribution in [0, 0.1) is 6.92 Å². The smallest absolute Gasteiger partial charge is 0.261 e. The predicted octanol–water partition coefficient (Wildman–Crippen LogP) is 2.70. The number of hydrogen-bond acceptors (Lipinski definition) is 4. The zero-order chi connectivity index (χ0) is 21.7. The molecule has 2 N–H and O–H groups in total. The number of carbonyl (C=O) groups excluding carboxylic acids is 2. The van der Waals surface area contributed by atoms with Gasteiger partial charge in [0.25, 0.3) is 15.9 Å². The third kappa shape index (κ3) is 4.88. The Hall–Kier alpha value is -3.13. The Bertz CT molecular complexity index is 1030. The second-order valence-electron chi connectivity index (χ2n) is 7.19. The molecule has 0 aliphatic carbocycles. The third-order valence-corrected chi connectivity index (χ3v) is 6.35. The maximum absolute atomic E-state index is 12.9. The van der Waals surface area contributed by atoms with Crippen molar-refractivity contribution in [1.82, 2.24) is 10.2 Å². The van der Waals surface area contributed by atoms with E-state index in [4.69, 9.17) is 0 Å². The molecule has 30 heavy (non-hydrogen) atoms. The second kappa shape index (κ2) is 9.13. The Kier molecular flexibility index (Phi) is 6.56. The molecular weight excluding hydrogens is 402 g/mol. The topological polar surface area (TPSA) is 95.6 Å². The van der Waals surface area contributed by atoms with Crippen LogP contribution >= 0.6 is 0 Å². The fraction of sp³-hybridized carbons (Fsp3) is 0.273. The number of benzene rings is 2. The molecule has 1 fully saturated rings. The lowest BCUT2D eigenvalue weighted by atomic mass is 10.1. The van der Waals surface area contributed by atoms with Gasteiger partial charge in [0, 0.05) is 24.3 Å². The van der Waals surface area contributed by atoms with Crippen molar-refractivity contribution in [2.45, 2.75) is 30.7 Å². The molecule has 2 aromatic carbocycles. The summed E-state index contributed by atoms with van der Waals surface area (Å²) < 4.78 is 27.5. The van der Waals surface area contributed by atoms with Crippen molar-refractivity contribution in [2.24, 2.45) is 0 Å². The lowest BCUT2D eigenvalue weighted by Crippen LogP contribution is -2.46. The van der Waals surface area contributed by atoms with E-state index in [1.165, 1.54) is 0 Å². The van der Waals surface area contributed by atoms with Gasteiger partial charge in [-0.1, -0.05) is 23.8 Å². The molecule has 2 amide bonds. The Morgan fingerprint density at radius 2 is 1.80 bits per heavy atom. The van der Waals surface area contributed by atoms with E-state index in [0.717, 1.165) is 12.0 Å². The van der Waals surface area contributed by atoms with Crippen molar-refractivity contribution in [3.8, 4) is 0 Å². The summed E-state index contributed by atoms with van der Waals surface area (Å²) in [6, 6.07) is 12.3. The van der Waals surface area contributed by atoms with Gasteiger partial charge in [-0.05, 0) is 56.2 Å². The van der Waals surface area contributed by atoms with E-state index in [2.05, 4.69) is 16.6 Å². The van der Waals surface area contributed by atoms with E-state index < -0.39 is 16.1 Å². The Morgan fingerprint density at radius 3 is 2.43 bits per heavy atom. The summed E-state index contributed by atoms with van der Waals surface area (Å²) in [6.45, 7) is 6.32. The Morgan fingerprint density at radius 1 is 1.13 bits per heavy atom. The molecule has 0 bridgehead atoms. The number of nitrogens with zero attached hydrogens (tertiary/aromatic N) is 1. The van der Waals surface area contributed by atoms with Gasteiger partial charge in [-0.15, -0.1) is 6.58 Å². The number of anilines is 1. The summed E-state index contributed by atoms with van der Waals surface area (Å²) in [6.07, 6.45) is 2.96. The minimum atomic E-state index is -3.71. The van der Waals surface area contributed by atoms with Gasteiger partial charge in [-0.3, -0.25) is 14.3 Å². The van der Waals surface area contributed by atoms with E-state index in [-0.39, 0.29) is 16.7 Å². The summed E-state index contributed by atoms with van der Waals surface area (Å²) in [4.78, 5) is 26.9. The van der Waals surface area contributed by atoms with Crippen molar-refractivity contribution in [2.75, 3.05) is 17.8 Å². The van der Waals surface area contributed by atoms with E-state index in [0.29, 0.717) is 30.8 Å². The lowest BCUT2D eigenvalue weighted by molar-refractivity contribution is -0.124. The van der Waals surface area contributed by atoms with E-state index in [1.54, 1.807) is 59.5 Å². The quantitative estimate of drug-likeness (QED) is 0.664. The number of amides is 2. The number of likely N-dealkylation sites (tertiary alicyclic amines) is 1. The molecule has 0 radical (unpaired) electrons. The monoisotopic (exact) mass is 427 g/mol. The molecule has 0 aromatic heterocycles. The molecule has 2 aromatic rings. The number of carbonyl (C=O) groups is 2. The average Bonchev–Trinajstić information content (AvgIpc) is 3.22. The maximum atomic E-state index is 12.9. The molecule has 1 atom stereocenters. The Balaban J connectivity index is 1.70. The number of sulfonamides is 1. The first-order valence-electron chi connectivity index (χ1n) is 9.71. The van der Waals surface area contributed by atoms with Gasteiger partial charge in [0.15, 0.2) is 0 Å². The molecule has 8 heteroatoms. The maximum Gasteiger partial charge on any atom is 0.261 e. The normalized spacial score (nSPS) is 16.2. The third-order valence-electron chi connectivity index (χ3n) is 4.95. The highest BCUT2D eigenvalue weighted by Crippen LogP contribution is 2.22. The first-order valence-corrected chi connectivity index (χ1v) is 11.2. The molecule has 1 saturated heterocycles. The van der Waals surface area contributed by atoms with Gasteiger partial charge in [0.05, 0.1) is 4.90 Å². The molecule has 3 rings (SSSR count). The van der Waals surface area contributed by atoms with Crippen molar-refractivity contribution in [3.05, 3.63) is 72.3 Å². The minimum absolute atomic E-state index is 0.165. The van der Waals surface area contributed by atoms with Crippen LogP contribution in [0.25, 0.3) is 0 Å². The van der Waals surface area contributed by atoms with Crippen LogP contribution in [0.15, 0.2) is 66.1 Å². The molecule has 1 aliphatic rings. The van der Waals surface area contributed by atoms with Gasteiger partial charge in [-0.2, -0.15) is 0 Å². The fourth-order valence-corrected chi connectivity index (χ4v) is 4.41. The van der Waals surface area contributed by atoms with Gasteiger partial charge in [0.2, 0.25) is 5.91 Å². The molecule has 0 saturated carbocycles. The summed E-state index contributed by atoms with van der Waals surface area (Å²) >= 11 is 0. The number of nitrogens with one attached hydrogen (secondary N) is 2. The van der Waals surface area contributed by atoms with Gasteiger partial charge < -0.3 is 10.2 Å². The van der Waals surface area contributed by atoms with Crippen molar-refractivity contribution >= 4 is 27.5 Å². The highest BCUT2D eigenvalue weighted by molar-refractivity contribution is 7.92. The first kappa shape index (κ1) is 21.6. The summed E-state index contributed by atoms with van der Waals surface area (Å²) in [5.74, 6) is -0.442. The zero-order valence-corrected chi connectivity index (χ0v) is 17.6. The molecule has 158 valence electrons. The molecule has 0 unspecified atom stereocenters. The molecule has 1 aliphatic heterocycles. The van der Waals surface area contributed by atoms with E-state index >= 15 is 0 Å². The zero-order valence-electron chi connectivity index (χ0n) is 16.8. The number of hydrogen-bond donors (Lipinski definition) is 2. The lowest BCUT2D eigenvalue weighted by Gasteiger charge is -2.24. The molecular formula is C22H25N3O4S. The molecule has 1 heterocycles. The van der Waals surface area contributed by atoms with Gasteiger partial charge >= 0.3 is 0 Å². The summed E-state index contributed by atoms with van der Waals surface area (Å²) in [5, 5.41) is 2.74. The van der Waals surface area contributed by atoms with Crippen LogP contribution in [-0.4, -0.2) is 44.3 Å². The fourth-order valence-electron chi connectivity index (χ4n) is 3.35. The Labute approximate surface area is 176 Å². The van der Waals surface area contributed by atoms with Gasteiger partial charge in [-0.25, -0.2) is 8.42 Å². The minimum Gasteiger partial charge on any atom is -0.351 e. The summed E-state index contributed by atoms with van der Waals surface area (Å²) in [5.41, 5.74) is 1.72. The highest BCUT2D eigenvalue weighted by atomic mass is 32.2. The SMILES string of the molecule is C=CCNC(=O)[C@H]1CCCN1C(=O)c1ccc(NS(=O)(=O)c2ccc(C)cc2)cc1. The second-order valence-corrected chi connectivity index (χ2v) is 8.87. The molecule has 7 nitrogen and oxygen atoms in total. The van der Waals surface area contributed by atoms with Crippen LogP contribution in [0.5, 0.6) is 0 Å². The molecule has 0 spiro atoms. The average molecular weight is 428 g/mol. The first-order chi connectivity index (χ1) is 14.3. The van der Waals surface area contributed by atoms with E-state index in [1.807, 2.05) is 6.92 Å².